The molecule has 0 amide bonds. The van der Waals surface area contributed by atoms with Gasteiger partial charge in [0.25, 0.3) is 5.56 Å². The van der Waals surface area contributed by atoms with Crippen LogP contribution in [0.5, 0.6) is 5.75 Å². The molecule has 0 spiro atoms. The van der Waals surface area contributed by atoms with Gasteiger partial charge in [-0.05, 0) is 46.1 Å². The van der Waals surface area contributed by atoms with Gasteiger partial charge in [0.15, 0.2) is 0 Å². The molecule has 1 aliphatic rings. The first-order chi connectivity index (χ1) is 13.5. The Labute approximate surface area is 167 Å². The lowest BCUT2D eigenvalue weighted by Gasteiger charge is -2.34. The van der Waals surface area contributed by atoms with E-state index in [1.165, 1.54) is 15.7 Å². The molecular formula is C19H20N5O2PS. The van der Waals surface area contributed by atoms with E-state index in [1.807, 2.05) is 17.5 Å². The fraction of sp³-hybridized carbons (Fsp3) is 0.263. The number of fused-ring (bicyclic) bond motifs is 2. The van der Waals surface area contributed by atoms with Crippen molar-refractivity contribution in [1.29, 1.82) is 0 Å². The van der Waals surface area contributed by atoms with Crippen LogP contribution < -0.4 is 10.5 Å². The summed E-state index contributed by atoms with van der Waals surface area (Å²) in [6, 6.07) is 7.90. The Morgan fingerprint density at radius 1 is 1.21 bits per heavy atom. The lowest BCUT2D eigenvalue weighted by molar-refractivity contribution is 0.313. The van der Waals surface area contributed by atoms with Gasteiger partial charge in [0.05, 0.1) is 16.4 Å². The predicted molar refractivity (Wildman–Crippen MR) is 118 cm³/mol. The smallest absolute Gasteiger partial charge is 0.269 e. The Hall–Kier alpha value is -2.41. The van der Waals surface area contributed by atoms with Crippen molar-refractivity contribution < 1.29 is 5.11 Å². The van der Waals surface area contributed by atoms with Crippen molar-refractivity contribution in [2.75, 3.05) is 38.1 Å². The molecule has 0 radical (unpaired) electrons. The molecule has 1 fully saturated rings. The van der Waals surface area contributed by atoms with Crippen LogP contribution in [-0.4, -0.2) is 57.5 Å². The Morgan fingerprint density at radius 3 is 2.79 bits per heavy atom. The first-order valence-electron chi connectivity index (χ1n) is 9.07. The Bertz CT molecular complexity index is 1250. The van der Waals surface area contributed by atoms with Gasteiger partial charge in [-0.3, -0.25) is 9.13 Å². The zero-order valence-corrected chi connectivity index (χ0v) is 17.3. The number of aromatic amines is 1. The van der Waals surface area contributed by atoms with Crippen molar-refractivity contribution in [3.63, 3.8) is 0 Å². The molecule has 7 nitrogen and oxygen atoms in total. The molecular weight excluding hydrogens is 393 g/mol. The van der Waals surface area contributed by atoms with Crippen LogP contribution in [0.4, 0.5) is 5.69 Å². The maximum absolute atomic E-state index is 12.8. The zero-order valence-electron chi connectivity index (χ0n) is 15.3. The number of piperazine rings is 1. The molecule has 144 valence electrons. The average Bonchev–Trinajstić information content (AvgIpc) is 3.33. The third-order valence-electron chi connectivity index (χ3n) is 5.36. The van der Waals surface area contributed by atoms with Crippen molar-refractivity contribution in [2.45, 2.75) is 0 Å². The zero-order chi connectivity index (χ0) is 19.4. The first kappa shape index (κ1) is 17.7. The van der Waals surface area contributed by atoms with Crippen LogP contribution in [0.15, 0.2) is 34.4 Å². The molecule has 1 atom stereocenters. The number of benzene rings is 1. The number of nitrogens with zero attached hydrogens (tertiary/aromatic N) is 4. The summed E-state index contributed by atoms with van der Waals surface area (Å²) in [4.78, 5) is 26.0. The molecule has 0 saturated carbocycles. The monoisotopic (exact) mass is 413 g/mol. The summed E-state index contributed by atoms with van der Waals surface area (Å²) in [6.45, 7) is 4.04. The molecule has 1 unspecified atom stereocenters. The van der Waals surface area contributed by atoms with Crippen molar-refractivity contribution in [3.05, 3.63) is 40.0 Å². The van der Waals surface area contributed by atoms with Gasteiger partial charge in [0.1, 0.15) is 22.0 Å². The Morgan fingerprint density at radius 2 is 2.00 bits per heavy atom. The number of pyridine rings is 1. The number of rotatable bonds is 2. The molecule has 3 aromatic heterocycles. The Kier molecular flexibility index (Phi) is 4.16. The van der Waals surface area contributed by atoms with Gasteiger partial charge in [-0.1, -0.05) is 0 Å². The van der Waals surface area contributed by atoms with Crippen LogP contribution in [0.1, 0.15) is 0 Å². The number of aromatic hydroxyl groups is 1. The lowest BCUT2D eigenvalue weighted by atomic mass is 10.2. The second-order valence-electron chi connectivity index (χ2n) is 7.12. The number of imidazole rings is 1. The fourth-order valence-electron chi connectivity index (χ4n) is 3.71. The van der Waals surface area contributed by atoms with E-state index in [0.29, 0.717) is 16.0 Å². The third kappa shape index (κ3) is 2.71. The lowest BCUT2D eigenvalue weighted by Crippen LogP contribution is -2.44. The van der Waals surface area contributed by atoms with Gasteiger partial charge in [0, 0.05) is 31.9 Å². The highest BCUT2D eigenvalue weighted by Crippen LogP contribution is 2.36. The van der Waals surface area contributed by atoms with Gasteiger partial charge >= 0.3 is 0 Å². The normalized spacial score (nSPS) is 15.7. The maximum atomic E-state index is 12.8. The summed E-state index contributed by atoms with van der Waals surface area (Å²) < 4.78 is 1.48. The minimum absolute atomic E-state index is 0.0294. The van der Waals surface area contributed by atoms with E-state index in [1.54, 1.807) is 0 Å². The third-order valence-corrected chi connectivity index (χ3v) is 6.95. The van der Waals surface area contributed by atoms with Gasteiger partial charge < -0.3 is 19.9 Å². The van der Waals surface area contributed by atoms with E-state index in [2.05, 4.69) is 48.3 Å². The van der Waals surface area contributed by atoms with E-state index in [9.17, 15) is 9.90 Å². The van der Waals surface area contributed by atoms with E-state index >= 15 is 0 Å². The molecule has 4 aromatic rings. The summed E-state index contributed by atoms with van der Waals surface area (Å²) in [5.74, 6) is 0.357. The molecule has 1 aliphatic heterocycles. The molecule has 1 saturated heterocycles. The van der Waals surface area contributed by atoms with Gasteiger partial charge in [-0.15, -0.1) is 11.3 Å². The number of anilines is 1. The number of nitrogens with one attached hydrogen (secondary N) is 1. The van der Waals surface area contributed by atoms with Crippen molar-refractivity contribution in [3.8, 4) is 17.1 Å². The van der Waals surface area contributed by atoms with E-state index in [0.717, 1.165) is 42.9 Å². The van der Waals surface area contributed by atoms with Crippen molar-refractivity contribution in [2.24, 2.45) is 0 Å². The largest absolute Gasteiger partial charge is 0.506 e. The molecule has 5 rings (SSSR count). The average molecular weight is 413 g/mol. The van der Waals surface area contributed by atoms with Gasteiger partial charge in [-0.25, -0.2) is 4.98 Å². The topological polar surface area (TPSA) is 77.4 Å². The SMILES string of the molecule is CN1CCN(c2ccc3nc(-c4c(O)c5ccsc5n(P)c4=O)[nH]c3c2)CC1. The minimum atomic E-state index is -0.296. The highest BCUT2D eigenvalue weighted by Gasteiger charge is 2.21. The summed E-state index contributed by atoms with van der Waals surface area (Å²) in [5.41, 5.74) is 2.66. The molecule has 0 aliphatic carbocycles. The van der Waals surface area contributed by atoms with Gasteiger partial charge in [0.2, 0.25) is 0 Å². The number of H-pyrrole nitrogens is 1. The van der Waals surface area contributed by atoms with Gasteiger partial charge in [-0.2, -0.15) is 0 Å². The number of likely N-dealkylation sites (N-methyl/N-ethyl adjacent to an activating group) is 1. The van der Waals surface area contributed by atoms with Crippen molar-refractivity contribution in [1.82, 2.24) is 19.2 Å². The van der Waals surface area contributed by atoms with Crippen LogP contribution >= 0.6 is 20.7 Å². The van der Waals surface area contributed by atoms with Crippen LogP contribution in [0, 0.1) is 0 Å². The molecule has 2 N–H and O–H groups in total. The summed E-state index contributed by atoms with van der Waals surface area (Å²) in [7, 11) is 4.56. The number of hydrogen-bond acceptors (Lipinski definition) is 6. The van der Waals surface area contributed by atoms with E-state index in [4.69, 9.17) is 0 Å². The van der Waals surface area contributed by atoms with Crippen LogP contribution in [0.25, 0.3) is 32.6 Å². The quantitative estimate of drug-likeness (QED) is 0.494. The fourth-order valence-corrected chi connectivity index (χ4v) is 4.98. The Balaban J connectivity index is 1.61. The number of hydrogen-bond donors (Lipinski definition) is 2. The van der Waals surface area contributed by atoms with E-state index < -0.39 is 0 Å². The maximum Gasteiger partial charge on any atom is 0.269 e. The number of thiophene rings is 1. The second kappa shape index (κ2) is 6.58. The highest BCUT2D eigenvalue weighted by atomic mass is 32.1. The number of aromatic nitrogens is 3. The summed E-state index contributed by atoms with van der Waals surface area (Å²) >= 11 is 1.41. The molecule has 1 aromatic carbocycles. The molecule has 9 heteroatoms. The van der Waals surface area contributed by atoms with Crippen LogP contribution in [0.2, 0.25) is 0 Å². The standard InChI is InChI=1S/C19H20N5O2PS/c1-22-5-7-23(8-6-22)11-2-3-13-14(10-11)21-17(20-13)15-16(25)12-4-9-28-19(12)24(27)18(15)26/h2-4,9-10,25H,5-8,27H2,1H3,(H,20,21). The minimum Gasteiger partial charge on any atom is -0.506 e. The van der Waals surface area contributed by atoms with Crippen molar-refractivity contribution >= 4 is 47.7 Å². The van der Waals surface area contributed by atoms with E-state index in [-0.39, 0.29) is 16.9 Å². The molecule has 0 bridgehead atoms. The first-order valence-corrected chi connectivity index (χ1v) is 10.5. The van der Waals surface area contributed by atoms with Crippen LogP contribution in [-0.2, 0) is 0 Å². The predicted octanol–water partition coefficient (Wildman–Crippen LogP) is 2.70. The van der Waals surface area contributed by atoms with Crippen LogP contribution in [0.3, 0.4) is 0 Å². The summed E-state index contributed by atoms with van der Waals surface area (Å²) in [5, 5.41) is 13.2. The molecule has 4 heterocycles. The second-order valence-corrected chi connectivity index (χ2v) is 8.53. The summed E-state index contributed by atoms with van der Waals surface area (Å²) in [6.07, 6.45) is 0. The highest BCUT2D eigenvalue weighted by molar-refractivity contribution is 7.21. The molecule has 28 heavy (non-hydrogen) atoms.